The Bertz CT molecular complexity index is 1000. The van der Waals surface area contributed by atoms with Crippen LogP contribution in [-0.2, 0) is 9.59 Å². The van der Waals surface area contributed by atoms with Crippen LogP contribution in [-0.4, -0.2) is 52.8 Å². The van der Waals surface area contributed by atoms with Gasteiger partial charge >= 0.3 is 0 Å². The highest BCUT2D eigenvalue weighted by Crippen LogP contribution is 2.38. The number of carbonyl (C=O) groups excluding carboxylic acids is 2. The topological polar surface area (TPSA) is 107 Å². The fourth-order valence-corrected chi connectivity index (χ4v) is 3.08. The second-order valence-corrected chi connectivity index (χ2v) is 6.13. The van der Waals surface area contributed by atoms with Crippen LogP contribution in [0.15, 0.2) is 10.9 Å². The summed E-state index contributed by atoms with van der Waals surface area (Å²) in [7, 11) is 23.5. The van der Waals surface area contributed by atoms with Crippen LogP contribution >= 0.6 is 0 Å². The summed E-state index contributed by atoms with van der Waals surface area (Å²) >= 11 is 0. The first-order valence-electron chi connectivity index (χ1n) is 7.32. The molecule has 1 aromatic heterocycles. The van der Waals surface area contributed by atoms with Gasteiger partial charge in [0.15, 0.2) is 0 Å². The number of hydrogen-bond acceptors (Lipinski definition) is 5. The van der Waals surface area contributed by atoms with E-state index in [1.54, 1.807) is 0 Å². The molecule has 1 aromatic carbocycles. The zero-order chi connectivity index (χ0) is 18.7. The highest BCUT2D eigenvalue weighted by Gasteiger charge is 2.43. The van der Waals surface area contributed by atoms with Crippen molar-refractivity contribution >= 4 is 70.7 Å². The first-order chi connectivity index (χ1) is 11.5. The van der Waals surface area contributed by atoms with Crippen molar-refractivity contribution in [3.63, 3.8) is 0 Å². The Balaban J connectivity index is 2.38. The molecule has 7 nitrogen and oxygen atoms in total. The van der Waals surface area contributed by atoms with Gasteiger partial charge in [0.05, 0.1) is 26.6 Å². The smallest absolute Gasteiger partial charge is 0.264 e. The number of anilines is 1. The summed E-state index contributed by atoms with van der Waals surface area (Å²) in [4.78, 5) is 41.2. The average molecular weight is 326 g/mol. The zero-order valence-electron chi connectivity index (χ0n) is 13.4. The number of aryl methyl sites for hydroxylation is 1. The Morgan fingerprint density at radius 1 is 1.28 bits per heavy atom. The minimum absolute atomic E-state index is 0.0117. The van der Waals surface area contributed by atoms with Gasteiger partial charge in [-0.05, 0) is 6.92 Å². The monoisotopic (exact) mass is 326 g/mol. The van der Waals surface area contributed by atoms with Crippen molar-refractivity contribution in [1.29, 1.82) is 0 Å². The van der Waals surface area contributed by atoms with Crippen molar-refractivity contribution in [2.45, 2.75) is 24.6 Å². The van der Waals surface area contributed by atoms with Crippen molar-refractivity contribution in [2.75, 3.05) is 5.73 Å². The lowest BCUT2D eigenvalue weighted by Crippen LogP contribution is -2.53. The number of fused-ring (bicyclic) bond motifs is 1. The molecule has 2 amide bonds. The van der Waals surface area contributed by atoms with E-state index in [1.807, 2.05) is 0 Å². The number of rotatable bonds is 1. The lowest BCUT2D eigenvalue weighted by Gasteiger charge is -2.39. The molecule has 116 valence electrons. The molecule has 0 spiro atoms. The third-order valence-corrected chi connectivity index (χ3v) is 4.20. The first kappa shape index (κ1) is 17.4. The Kier molecular flexibility index (Phi) is 3.85. The molecule has 25 heavy (non-hydrogen) atoms. The molecule has 8 radical (unpaired) electrons. The van der Waals surface area contributed by atoms with Crippen molar-refractivity contribution in [3.8, 4) is 0 Å². The van der Waals surface area contributed by atoms with Gasteiger partial charge < -0.3 is 5.73 Å². The molecule has 0 saturated carbocycles. The van der Waals surface area contributed by atoms with Gasteiger partial charge in [-0.3, -0.25) is 24.3 Å². The maximum atomic E-state index is 13.0. The fraction of sp³-hybridized carbons (Fsp3) is 0.286. The van der Waals surface area contributed by atoms with Crippen LogP contribution in [0, 0.1) is 6.92 Å². The number of carbonyl (C=O) groups is 2. The summed E-state index contributed by atoms with van der Waals surface area (Å²) in [6, 6.07) is 0.0485. The third kappa shape index (κ3) is 2.58. The average Bonchev–Trinajstić information content (AvgIpc) is 2.46. The van der Waals surface area contributed by atoms with Crippen molar-refractivity contribution < 1.29 is 9.59 Å². The van der Waals surface area contributed by atoms with Crippen molar-refractivity contribution in [2.24, 2.45) is 0 Å². The molecule has 1 fully saturated rings. The molecule has 0 bridgehead atoms. The lowest BCUT2D eigenvalue weighted by molar-refractivity contribution is -0.136. The van der Waals surface area contributed by atoms with Crippen LogP contribution in [0.25, 0.3) is 10.9 Å². The minimum atomic E-state index is -1.77. The van der Waals surface area contributed by atoms with Crippen LogP contribution in [0.1, 0.15) is 18.3 Å². The molecule has 1 unspecified atom stereocenters. The number of imide groups is 1. The number of nitrogen functional groups attached to an aromatic ring is 1. The summed E-state index contributed by atoms with van der Waals surface area (Å²) in [5, 5.41) is 0.305. The Morgan fingerprint density at radius 3 is 2.52 bits per heavy atom. The molecule has 3 rings (SSSR count). The van der Waals surface area contributed by atoms with Crippen molar-refractivity contribution in [3.05, 3.63) is 22.2 Å². The predicted octanol–water partition coefficient (Wildman–Crippen LogP) is -3.08. The van der Waals surface area contributed by atoms with Gasteiger partial charge in [-0.25, -0.2) is 4.98 Å². The highest BCUT2D eigenvalue weighted by atomic mass is 16.2. The number of nitrogens with two attached hydrogens (primary N) is 1. The molecule has 2 aromatic rings. The van der Waals surface area contributed by atoms with Crippen LogP contribution in [0.3, 0.4) is 0 Å². The maximum Gasteiger partial charge on any atom is 0.264 e. The molecule has 1 atom stereocenters. The Hall–Kier alpha value is -2.44. The number of hydrogen-bond donors (Lipinski definition) is 2. The first-order valence-corrected chi connectivity index (χ1v) is 7.32. The van der Waals surface area contributed by atoms with E-state index in [1.165, 1.54) is 13.0 Å². The molecule has 11 heteroatoms. The molecule has 3 N–H and O–H groups in total. The van der Waals surface area contributed by atoms with E-state index in [-0.39, 0.29) is 39.8 Å². The van der Waals surface area contributed by atoms with Gasteiger partial charge in [0.1, 0.15) is 27.6 Å². The summed E-state index contributed by atoms with van der Waals surface area (Å²) in [6.07, 6.45) is -0.345. The largest absolute Gasteiger partial charge is 0.398 e. The number of nitrogens with one attached hydrogen (secondary N) is 1. The standard InChI is InChI=1S/C14H10B4N4O3/c1-4-20-10-6(16)2-5(15)9(19)8(10)13(25)22(4)11-12(24)21-7(23)3-14(11,17)18/h2,11H,3,19H2,1H3,(H,21,23,24). The molecular weight excluding hydrogens is 315 g/mol. The van der Waals surface area contributed by atoms with Gasteiger partial charge in [0.25, 0.3) is 5.56 Å². The molecule has 1 aliphatic heterocycles. The molecule has 1 aliphatic rings. The number of nitrogens with zero attached hydrogens (tertiary/aromatic N) is 2. The molecular formula is C14H10B4N4O3. The van der Waals surface area contributed by atoms with Gasteiger partial charge in [0, 0.05) is 12.1 Å². The number of benzene rings is 1. The zero-order valence-corrected chi connectivity index (χ0v) is 13.4. The summed E-state index contributed by atoms with van der Waals surface area (Å²) in [5.41, 5.74) is 5.67. The highest BCUT2D eigenvalue weighted by molar-refractivity contribution is 6.45. The van der Waals surface area contributed by atoms with Gasteiger partial charge in [-0.15, -0.1) is 0 Å². The minimum Gasteiger partial charge on any atom is -0.398 e. The van der Waals surface area contributed by atoms with Crippen LogP contribution in [0.2, 0.25) is 5.21 Å². The van der Waals surface area contributed by atoms with E-state index >= 15 is 0 Å². The van der Waals surface area contributed by atoms with Crippen LogP contribution in [0.4, 0.5) is 5.69 Å². The second kappa shape index (κ2) is 5.54. The molecule has 1 saturated heterocycles. The van der Waals surface area contributed by atoms with Crippen molar-refractivity contribution in [1.82, 2.24) is 14.9 Å². The fourth-order valence-electron chi connectivity index (χ4n) is 3.08. The van der Waals surface area contributed by atoms with Gasteiger partial charge in [-0.2, -0.15) is 0 Å². The van der Waals surface area contributed by atoms with Crippen LogP contribution < -0.4 is 27.5 Å². The second-order valence-electron chi connectivity index (χ2n) is 6.13. The van der Waals surface area contributed by atoms with Crippen LogP contribution in [0.5, 0.6) is 0 Å². The normalized spacial score (nSPS) is 19.8. The quantitative estimate of drug-likeness (QED) is 0.328. The van der Waals surface area contributed by atoms with Gasteiger partial charge in [-0.1, -0.05) is 22.2 Å². The summed E-state index contributed by atoms with van der Waals surface area (Å²) in [6.45, 7) is 1.49. The maximum absolute atomic E-state index is 13.0. The number of amides is 2. The molecule has 2 heterocycles. The predicted molar refractivity (Wildman–Crippen MR) is 96.9 cm³/mol. The van der Waals surface area contributed by atoms with E-state index in [0.717, 1.165) is 4.57 Å². The Morgan fingerprint density at radius 2 is 1.92 bits per heavy atom. The molecule has 0 aliphatic carbocycles. The van der Waals surface area contributed by atoms with Gasteiger partial charge in [0.2, 0.25) is 11.8 Å². The number of aromatic nitrogens is 2. The number of piperidine rings is 1. The SMILES string of the molecule is [B]c1cc([B])c2nc(C)n(C3C(=O)NC(=O)CC3([B])[B])c(=O)c2c1N. The van der Waals surface area contributed by atoms with E-state index in [0.29, 0.717) is 0 Å². The summed E-state index contributed by atoms with van der Waals surface area (Å²) < 4.78 is 1.01. The third-order valence-electron chi connectivity index (χ3n) is 4.20. The van der Waals surface area contributed by atoms with E-state index in [4.69, 9.17) is 37.1 Å². The van der Waals surface area contributed by atoms with E-state index < -0.39 is 28.6 Å². The van der Waals surface area contributed by atoms with E-state index in [2.05, 4.69) is 10.3 Å². The lowest BCUT2D eigenvalue weighted by atomic mass is 9.47. The Labute approximate surface area is 148 Å². The van der Waals surface area contributed by atoms with E-state index in [9.17, 15) is 14.4 Å². The summed E-state index contributed by atoms with van der Waals surface area (Å²) in [5.74, 6) is -1.29.